The average Bonchev–Trinajstić information content (AvgIpc) is 3.13. The molecule has 1 amide bonds. The first-order chi connectivity index (χ1) is 13.3. The van der Waals surface area contributed by atoms with Gasteiger partial charge in [0.1, 0.15) is 5.69 Å². The number of aromatic nitrogens is 1. The second-order valence-electron chi connectivity index (χ2n) is 6.48. The Hall–Kier alpha value is -3.40. The molecule has 27 heavy (non-hydrogen) atoms. The molecule has 0 aliphatic carbocycles. The van der Waals surface area contributed by atoms with Crippen LogP contribution in [0, 0.1) is 0 Å². The summed E-state index contributed by atoms with van der Waals surface area (Å²) < 4.78 is 5.28. The van der Waals surface area contributed by atoms with Gasteiger partial charge in [0.15, 0.2) is 5.58 Å². The fourth-order valence-corrected chi connectivity index (χ4v) is 3.29. The molecule has 0 radical (unpaired) electrons. The van der Waals surface area contributed by atoms with Crippen molar-refractivity contribution < 1.29 is 9.32 Å². The molecule has 4 rings (SSSR count). The van der Waals surface area contributed by atoms with Crippen LogP contribution in [-0.2, 0) is 11.2 Å². The van der Waals surface area contributed by atoms with Crippen LogP contribution in [0.15, 0.2) is 89.5 Å². The summed E-state index contributed by atoms with van der Waals surface area (Å²) in [5.41, 5.74) is 3.72. The number of nitrogens with one attached hydrogen (secondary N) is 1. The van der Waals surface area contributed by atoms with Crippen LogP contribution < -0.4 is 5.32 Å². The first-order valence-corrected chi connectivity index (χ1v) is 9.01. The van der Waals surface area contributed by atoms with E-state index in [-0.39, 0.29) is 18.2 Å². The average molecular weight is 356 g/mol. The molecule has 3 aromatic carbocycles. The predicted molar refractivity (Wildman–Crippen MR) is 105 cm³/mol. The molecule has 4 aromatic rings. The van der Waals surface area contributed by atoms with E-state index in [0.717, 1.165) is 5.39 Å². The van der Waals surface area contributed by atoms with Crippen molar-refractivity contribution in [2.45, 2.75) is 12.3 Å². The number of hydrogen-bond acceptors (Lipinski definition) is 3. The normalized spacial score (nSPS) is 11.0. The van der Waals surface area contributed by atoms with E-state index < -0.39 is 0 Å². The maximum absolute atomic E-state index is 12.5. The molecule has 4 nitrogen and oxygen atoms in total. The molecule has 0 aliphatic rings. The summed E-state index contributed by atoms with van der Waals surface area (Å²) in [7, 11) is 0. The molecule has 134 valence electrons. The van der Waals surface area contributed by atoms with Crippen molar-refractivity contribution in [3.05, 3.63) is 102 Å². The molecule has 4 heteroatoms. The molecule has 0 saturated heterocycles. The van der Waals surface area contributed by atoms with Crippen LogP contribution in [0.5, 0.6) is 0 Å². The van der Waals surface area contributed by atoms with E-state index >= 15 is 0 Å². The van der Waals surface area contributed by atoms with Crippen LogP contribution in [0.25, 0.3) is 11.0 Å². The minimum atomic E-state index is -0.0640. The lowest BCUT2D eigenvalue weighted by Crippen LogP contribution is -2.30. The Morgan fingerprint density at radius 3 is 2.11 bits per heavy atom. The smallest absolute Gasteiger partial charge is 0.226 e. The largest absolute Gasteiger partial charge is 0.356 e. The van der Waals surface area contributed by atoms with Gasteiger partial charge in [0, 0.05) is 17.8 Å². The fourth-order valence-electron chi connectivity index (χ4n) is 3.29. The number of carbonyl (C=O) groups is 1. The van der Waals surface area contributed by atoms with Crippen LogP contribution in [0.1, 0.15) is 22.7 Å². The monoisotopic (exact) mass is 356 g/mol. The lowest BCUT2D eigenvalue weighted by Gasteiger charge is -2.18. The zero-order valence-corrected chi connectivity index (χ0v) is 14.8. The Kier molecular flexibility index (Phi) is 4.97. The van der Waals surface area contributed by atoms with E-state index in [1.165, 1.54) is 11.1 Å². The van der Waals surface area contributed by atoms with Gasteiger partial charge in [-0.2, -0.15) is 0 Å². The Balaban J connectivity index is 1.48. The highest BCUT2D eigenvalue weighted by molar-refractivity contribution is 5.86. The number of fused-ring (bicyclic) bond motifs is 1. The molecule has 0 spiro atoms. The molecule has 1 N–H and O–H groups in total. The zero-order chi connectivity index (χ0) is 18.5. The molecule has 0 bridgehead atoms. The van der Waals surface area contributed by atoms with Gasteiger partial charge in [-0.15, -0.1) is 0 Å². The molecular weight excluding hydrogens is 336 g/mol. The summed E-state index contributed by atoms with van der Waals surface area (Å²) >= 11 is 0. The summed E-state index contributed by atoms with van der Waals surface area (Å²) in [5, 5.41) is 7.99. The maximum atomic E-state index is 12.5. The summed E-state index contributed by atoms with van der Waals surface area (Å²) in [5.74, 6) is 0.0383. The molecule has 1 aromatic heterocycles. The van der Waals surface area contributed by atoms with Crippen LogP contribution in [0.2, 0.25) is 0 Å². The molecule has 0 unspecified atom stereocenters. The highest BCUT2D eigenvalue weighted by Gasteiger charge is 2.17. The third kappa shape index (κ3) is 3.90. The van der Waals surface area contributed by atoms with Gasteiger partial charge in [-0.05, 0) is 23.3 Å². The topological polar surface area (TPSA) is 55.1 Å². The quantitative estimate of drug-likeness (QED) is 0.560. The van der Waals surface area contributed by atoms with Crippen molar-refractivity contribution in [1.29, 1.82) is 0 Å². The Labute approximate surface area is 157 Å². The number of rotatable bonds is 6. The van der Waals surface area contributed by atoms with Crippen molar-refractivity contribution in [1.82, 2.24) is 10.5 Å². The van der Waals surface area contributed by atoms with Crippen LogP contribution in [-0.4, -0.2) is 17.6 Å². The first kappa shape index (κ1) is 17.0. The third-order valence-corrected chi connectivity index (χ3v) is 4.69. The fraction of sp³-hybridized carbons (Fsp3) is 0.130. The molecule has 0 saturated carbocycles. The maximum Gasteiger partial charge on any atom is 0.226 e. The van der Waals surface area contributed by atoms with Gasteiger partial charge in [0.05, 0.1) is 6.42 Å². The van der Waals surface area contributed by atoms with Crippen molar-refractivity contribution in [3.8, 4) is 0 Å². The number of hydrogen-bond donors (Lipinski definition) is 1. The second kappa shape index (κ2) is 7.87. The third-order valence-electron chi connectivity index (χ3n) is 4.69. The Morgan fingerprint density at radius 1 is 0.852 bits per heavy atom. The summed E-state index contributed by atoms with van der Waals surface area (Å²) in [6, 6.07) is 28.0. The standard InChI is InChI=1S/C23H20N2O2/c26-23(15-21-19-13-7-8-14-22(19)27-25-21)24-16-20(17-9-3-1-4-10-17)18-11-5-2-6-12-18/h1-14,20H,15-16H2,(H,24,26). The molecule has 0 fully saturated rings. The number of carbonyl (C=O) groups excluding carboxylic acids is 1. The summed E-state index contributed by atoms with van der Waals surface area (Å²) in [6.45, 7) is 0.530. The van der Waals surface area contributed by atoms with Gasteiger partial charge in [0.25, 0.3) is 0 Å². The SMILES string of the molecule is O=C(Cc1noc2ccccc12)NCC(c1ccccc1)c1ccccc1. The van der Waals surface area contributed by atoms with Gasteiger partial charge >= 0.3 is 0 Å². The molecular formula is C23H20N2O2. The van der Waals surface area contributed by atoms with E-state index in [0.29, 0.717) is 17.8 Å². The van der Waals surface area contributed by atoms with Crippen LogP contribution in [0.4, 0.5) is 0 Å². The van der Waals surface area contributed by atoms with Crippen molar-refractivity contribution in [3.63, 3.8) is 0 Å². The molecule has 0 atom stereocenters. The van der Waals surface area contributed by atoms with Gasteiger partial charge in [-0.3, -0.25) is 4.79 Å². The van der Waals surface area contributed by atoms with E-state index in [2.05, 4.69) is 34.7 Å². The van der Waals surface area contributed by atoms with Crippen molar-refractivity contribution in [2.24, 2.45) is 0 Å². The highest BCUT2D eigenvalue weighted by Crippen LogP contribution is 2.24. The zero-order valence-electron chi connectivity index (χ0n) is 14.8. The van der Waals surface area contributed by atoms with Crippen molar-refractivity contribution in [2.75, 3.05) is 6.54 Å². The number of amides is 1. The van der Waals surface area contributed by atoms with Gasteiger partial charge in [-0.1, -0.05) is 78.0 Å². The van der Waals surface area contributed by atoms with E-state index in [1.54, 1.807) is 0 Å². The van der Waals surface area contributed by atoms with E-state index in [4.69, 9.17) is 4.52 Å². The number of nitrogens with zero attached hydrogens (tertiary/aromatic N) is 1. The predicted octanol–water partition coefficient (Wildman–Crippen LogP) is 4.32. The highest BCUT2D eigenvalue weighted by atomic mass is 16.5. The van der Waals surface area contributed by atoms with Crippen molar-refractivity contribution >= 4 is 16.9 Å². The minimum absolute atomic E-state index is 0.0640. The Morgan fingerprint density at radius 2 is 1.44 bits per heavy atom. The lowest BCUT2D eigenvalue weighted by molar-refractivity contribution is -0.120. The van der Waals surface area contributed by atoms with Crippen LogP contribution >= 0.6 is 0 Å². The van der Waals surface area contributed by atoms with Gasteiger partial charge in [-0.25, -0.2) is 0 Å². The summed E-state index contributed by atoms with van der Waals surface area (Å²) in [4.78, 5) is 12.5. The first-order valence-electron chi connectivity index (χ1n) is 9.01. The number of benzene rings is 3. The van der Waals surface area contributed by atoms with Gasteiger partial charge in [0.2, 0.25) is 5.91 Å². The van der Waals surface area contributed by atoms with Crippen LogP contribution in [0.3, 0.4) is 0 Å². The van der Waals surface area contributed by atoms with Gasteiger partial charge < -0.3 is 9.84 Å². The molecule has 1 heterocycles. The van der Waals surface area contributed by atoms with E-state index in [9.17, 15) is 4.79 Å². The second-order valence-corrected chi connectivity index (χ2v) is 6.48. The minimum Gasteiger partial charge on any atom is -0.356 e. The Bertz CT molecular complexity index is 986. The number of para-hydroxylation sites is 1. The van der Waals surface area contributed by atoms with E-state index in [1.807, 2.05) is 60.7 Å². The lowest BCUT2D eigenvalue weighted by atomic mass is 9.91. The molecule has 0 aliphatic heterocycles. The summed E-state index contributed by atoms with van der Waals surface area (Å²) in [6.07, 6.45) is 0.202.